The molecule has 0 aliphatic rings. The zero-order valence-corrected chi connectivity index (χ0v) is 10.5. The second-order valence-corrected chi connectivity index (χ2v) is 3.84. The lowest BCUT2D eigenvalue weighted by Gasteiger charge is -2.05. The van der Waals surface area contributed by atoms with Gasteiger partial charge >= 0.3 is 0 Å². The van der Waals surface area contributed by atoms with Gasteiger partial charge < -0.3 is 9.84 Å². The van der Waals surface area contributed by atoms with Crippen LogP contribution < -0.4 is 4.74 Å². The first-order chi connectivity index (χ1) is 9.78. The summed E-state index contributed by atoms with van der Waals surface area (Å²) in [7, 11) is 1.51. The van der Waals surface area contributed by atoms with Crippen LogP contribution in [-0.2, 0) is 0 Å². The Bertz CT molecular complexity index is 711. The molecule has 3 rings (SSSR count). The van der Waals surface area contributed by atoms with Gasteiger partial charge in [0.15, 0.2) is 0 Å². The number of ether oxygens (including phenoxy) is 1. The molecule has 0 unspecified atom stereocenters. The summed E-state index contributed by atoms with van der Waals surface area (Å²) in [6.07, 6.45) is 4.63. The quantitative estimate of drug-likeness (QED) is 0.752. The van der Waals surface area contributed by atoms with E-state index in [0.717, 1.165) is 0 Å². The summed E-state index contributed by atoms with van der Waals surface area (Å²) in [5.74, 6) is 0.366. The van der Waals surface area contributed by atoms with E-state index in [1.54, 1.807) is 30.7 Å². The first-order valence-electron chi connectivity index (χ1n) is 5.72. The molecule has 0 aliphatic heterocycles. The molecule has 0 spiro atoms. The normalized spacial score (nSPS) is 10.4. The van der Waals surface area contributed by atoms with Crippen LogP contribution in [0.4, 0.5) is 0 Å². The van der Waals surface area contributed by atoms with Gasteiger partial charge in [-0.15, -0.1) is 15.0 Å². The summed E-state index contributed by atoms with van der Waals surface area (Å²) in [4.78, 5) is 5.52. The second kappa shape index (κ2) is 4.92. The average molecular weight is 270 g/mol. The first-order valence-corrected chi connectivity index (χ1v) is 5.72. The fourth-order valence-electron chi connectivity index (χ4n) is 1.65. The minimum absolute atomic E-state index is 0.0285. The highest BCUT2D eigenvalue weighted by atomic mass is 16.5. The monoisotopic (exact) mass is 270 g/mol. The Balaban J connectivity index is 1.98. The van der Waals surface area contributed by atoms with Crippen molar-refractivity contribution < 1.29 is 9.84 Å². The summed E-state index contributed by atoms with van der Waals surface area (Å²) >= 11 is 0. The number of methoxy groups -OCH3 is 1. The van der Waals surface area contributed by atoms with Gasteiger partial charge in [-0.2, -0.15) is 10.2 Å². The molecule has 8 nitrogen and oxygen atoms in total. The highest BCUT2D eigenvalue weighted by Gasteiger charge is 2.11. The van der Waals surface area contributed by atoms with Crippen LogP contribution in [0.3, 0.4) is 0 Å². The molecule has 0 saturated carbocycles. The molecule has 0 saturated heterocycles. The Kier molecular flexibility index (Phi) is 2.96. The minimum Gasteiger partial charge on any atom is -0.506 e. The first kappa shape index (κ1) is 12.0. The van der Waals surface area contributed by atoms with Gasteiger partial charge in [-0.05, 0) is 6.07 Å². The third-order valence-electron chi connectivity index (χ3n) is 2.59. The van der Waals surface area contributed by atoms with E-state index in [1.807, 2.05) is 0 Å². The van der Waals surface area contributed by atoms with Crippen molar-refractivity contribution in [2.75, 3.05) is 7.11 Å². The Labute approximate surface area is 113 Å². The maximum absolute atomic E-state index is 10.0. The van der Waals surface area contributed by atoms with Gasteiger partial charge in [0, 0.05) is 12.1 Å². The van der Waals surface area contributed by atoms with E-state index < -0.39 is 0 Å². The maximum atomic E-state index is 10.0. The zero-order valence-electron chi connectivity index (χ0n) is 10.5. The minimum atomic E-state index is -0.0285. The summed E-state index contributed by atoms with van der Waals surface area (Å²) < 4.78 is 4.93. The van der Waals surface area contributed by atoms with Crippen LogP contribution in [0.1, 0.15) is 0 Å². The van der Waals surface area contributed by atoms with Crippen molar-refractivity contribution in [1.82, 2.24) is 30.2 Å². The van der Waals surface area contributed by atoms with Gasteiger partial charge in [0.05, 0.1) is 25.7 Å². The van der Waals surface area contributed by atoms with Crippen molar-refractivity contribution in [1.29, 1.82) is 0 Å². The van der Waals surface area contributed by atoms with Gasteiger partial charge in [0.25, 0.3) is 0 Å². The Morgan fingerprint density at radius 3 is 2.55 bits per heavy atom. The molecule has 1 N–H and O–H groups in total. The molecule has 3 heterocycles. The summed E-state index contributed by atoms with van der Waals surface area (Å²) in [6.45, 7) is 0. The van der Waals surface area contributed by atoms with Crippen LogP contribution in [0, 0.1) is 0 Å². The van der Waals surface area contributed by atoms with Crippen molar-refractivity contribution in [3.63, 3.8) is 0 Å². The number of aromatic hydroxyl groups is 1. The van der Waals surface area contributed by atoms with Crippen molar-refractivity contribution >= 4 is 0 Å². The van der Waals surface area contributed by atoms with Crippen LogP contribution in [0.5, 0.6) is 11.6 Å². The molecule has 0 bridgehead atoms. The lowest BCUT2D eigenvalue weighted by molar-refractivity contribution is 0.392. The SMILES string of the molecule is COc1ccc(-c2ncc(-n3nccn3)cc2O)nn1. The predicted molar refractivity (Wildman–Crippen MR) is 68.4 cm³/mol. The fourth-order valence-corrected chi connectivity index (χ4v) is 1.65. The molecule has 8 heteroatoms. The molecule has 3 aromatic heterocycles. The standard InChI is InChI=1S/C12H10N6O2/c1-20-11-3-2-9(16-17-11)12-10(19)6-8(7-13-12)18-14-4-5-15-18/h2-7,19H,1H3. The Morgan fingerprint density at radius 1 is 1.15 bits per heavy atom. The number of aromatic nitrogens is 6. The summed E-state index contributed by atoms with van der Waals surface area (Å²) in [6, 6.07) is 4.82. The summed E-state index contributed by atoms with van der Waals surface area (Å²) in [5, 5.41) is 25.7. The van der Waals surface area contributed by atoms with E-state index in [9.17, 15) is 5.11 Å². The maximum Gasteiger partial charge on any atom is 0.233 e. The average Bonchev–Trinajstić information content (AvgIpc) is 3.01. The van der Waals surface area contributed by atoms with Crippen LogP contribution >= 0.6 is 0 Å². The number of hydrogen-bond donors (Lipinski definition) is 1. The Hall–Kier alpha value is -3.03. The smallest absolute Gasteiger partial charge is 0.233 e. The van der Waals surface area contributed by atoms with Crippen molar-refractivity contribution in [2.24, 2.45) is 0 Å². The molecule has 0 amide bonds. The molecule has 100 valence electrons. The van der Waals surface area contributed by atoms with Crippen molar-refractivity contribution in [3.8, 4) is 28.7 Å². The fraction of sp³-hybridized carbons (Fsp3) is 0.0833. The molecule has 0 aromatic carbocycles. The van der Waals surface area contributed by atoms with E-state index in [1.165, 1.54) is 18.0 Å². The lowest BCUT2D eigenvalue weighted by atomic mass is 10.2. The van der Waals surface area contributed by atoms with Crippen LogP contribution in [0.2, 0.25) is 0 Å². The van der Waals surface area contributed by atoms with Crippen LogP contribution in [0.25, 0.3) is 17.1 Å². The number of rotatable bonds is 3. The van der Waals surface area contributed by atoms with Crippen molar-refractivity contribution in [3.05, 3.63) is 36.8 Å². The van der Waals surface area contributed by atoms with E-state index in [4.69, 9.17) is 4.74 Å². The number of pyridine rings is 1. The molecule has 0 radical (unpaired) electrons. The molecule has 3 aromatic rings. The molecule has 0 fully saturated rings. The van der Waals surface area contributed by atoms with Crippen LogP contribution in [-0.4, -0.2) is 42.4 Å². The van der Waals surface area contributed by atoms with E-state index >= 15 is 0 Å². The molecule has 20 heavy (non-hydrogen) atoms. The second-order valence-electron chi connectivity index (χ2n) is 3.84. The van der Waals surface area contributed by atoms with Gasteiger partial charge in [-0.25, -0.2) is 4.98 Å². The zero-order chi connectivity index (χ0) is 13.9. The Morgan fingerprint density at radius 2 is 1.95 bits per heavy atom. The van der Waals surface area contributed by atoms with Gasteiger partial charge in [-0.1, -0.05) is 0 Å². The highest BCUT2D eigenvalue weighted by Crippen LogP contribution is 2.26. The van der Waals surface area contributed by atoms with Crippen molar-refractivity contribution in [2.45, 2.75) is 0 Å². The number of nitrogens with zero attached hydrogens (tertiary/aromatic N) is 6. The van der Waals surface area contributed by atoms with Gasteiger partial charge in [0.2, 0.25) is 5.88 Å². The highest BCUT2D eigenvalue weighted by molar-refractivity contribution is 5.63. The van der Waals surface area contributed by atoms with E-state index in [2.05, 4.69) is 25.4 Å². The van der Waals surface area contributed by atoms with E-state index in [0.29, 0.717) is 23.0 Å². The van der Waals surface area contributed by atoms with Crippen LogP contribution in [0.15, 0.2) is 36.8 Å². The van der Waals surface area contributed by atoms with Gasteiger partial charge in [0.1, 0.15) is 22.8 Å². The third kappa shape index (κ3) is 2.14. The topological polar surface area (TPSA) is 98.8 Å². The number of hydrogen-bond acceptors (Lipinski definition) is 7. The summed E-state index contributed by atoms with van der Waals surface area (Å²) in [5.41, 5.74) is 1.33. The molecular weight excluding hydrogens is 260 g/mol. The largest absolute Gasteiger partial charge is 0.506 e. The molecule has 0 atom stereocenters. The lowest BCUT2D eigenvalue weighted by Crippen LogP contribution is -2.00. The molecule has 0 aliphatic carbocycles. The predicted octanol–water partition coefficient (Wildman–Crippen LogP) is 0.833. The van der Waals surface area contributed by atoms with E-state index in [-0.39, 0.29) is 5.75 Å². The molecular formula is C12H10N6O2. The van der Waals surface area contributed by atoms with Gasteiger partial charge in [-0.3, -0.25) is 0 Å². The third-order valence-corrected chi connectivity index (χ3v) is 2.59.